The zero-order valence-corrected chi connectivity index (χ0v) is 12.0. The highest BCUT2D eigenvalue weighted by atomic mass is 16.2. The fourth-order valence-electron chi connectivity index (χ4n) is 4.47. The Morgan fingerprint density at radius 3 is 2.53 bits per heavy atom. The molecule has 3 rings (SSSR count). The zero-order valence-electron chi connectivity index (χ0n) is 12.0. The maximum atomic E-state index is 12.5. The Hall–Kier alpha value is -0.570. The van der Waals surface area contributed by atoms with Crippen LogP contribution in [0, 0.1) is 11.8 Å². The van der Waals surface area contributed by atoms with Crippen LogP contribution in [0.5, 0.6) is 0 Å². The lowest BCUT2D eigenvalue weighted by Crippen LogP contribution is -2.40. The maximum Gasteiger partial charge on any atom is 0.223 e. The molecular weight excluding hydrogens is 236 g/mol. The Morgan fingerprint density at radius 2 is 1.74 bits per heavy atom. The zero-order chi connectivity index (χ0) is 13.2. The number of carbonyl (C=O) groups excluding carboxylic acids is 1. The summed E-state index contributed by atoms with van der Waals surface area (Å²) in [5.41, 5.74) is 5.94. The second kappa shape index (κ2) is 5.82. The highest BCUT2D eigenvalue weighted by molar-refractivity contribution is 5.77. The van der Waals surface area contributed by atoms with Crippen LogP contribution >= 0.6 is 0 Å². The van der Waals surface area contributed by atoms with E-state index in [1.165, 1.54) is 32.1 Å². The minimum atomic E-state index is 0.390. The van der Waals surface area contributed by atoms with E-state index in [-0.39, 0.29) is 0 Å². The molecule has 2 aliphatic carbocycles. The molecule has 1 saturated heterocycles. The van der Waals surface area contributed by atoms with Gasteiger partial charge in [-0.2, -0.15) is 0 Å². The molecule has 1 aliphatic heterocycles. The monoisotopic (exact) mass is 264 g/mol. The van der Waals surface area contributed by atoms with E-state index in [4.69, 9.17) is 5.73 Å². The van der Waals surface area contributed by atoms with Crippen molar-refractivity contribution in [2.75, 3.05) is 6.54 Å². The average molecular weight is 264 g/mol. The standard InChI is InChI=1S/C16H28N2O/c17-14-7-5-12(6-8-14)11-16(19)18-10-9-13-3-1-2-4-15(13)18/h12-15H,1-11,17H2. The molecule has 0 aromatic carbocycles. The molecule has 2 N–H and O–H groups in total. The second-order valence-corrected chi connectivity index (χ2v) is 6.97. The molecule has 1 amide bonds. The Bertz CT molecular complexity index is 323. The van der Waals surface area contributed by atoms with Crippen molar-refractivity contribution in [3.8, 4) is 0 Å². The smallest absolute Gasteiger partial charge is 0.223 e. The molecule has 2 atom stereocenters. The first kappa shape index (κ1) is 13.4. The summed E-state index contributed by atoms with van der Waals surface area (Å²) < 4.78 is 0. The van der Waals surface area contributed by atoms with Gasteiger partial charge in [-0.1, -0.05) is 12.8 Å². The molecule has 0 bridgehead atoms. The normalized spacial score (nSPS) is 39.1. The van der Waals surface area contributed by atoms with Crippen molar-refractivity contribution in [2.45, 2.75) is 76.3 Å². The minimum absolute atomic E-state index is 0.390. The van der Waals surface area contributed by atoms with Gasteiger partial charge in [-0.25, -0.2) is 0 Å². The molecular formula is C16H28N2O. The predicted octanol–water partition coefficient (Wildman–Crippen LogP) is 2.69. The molecule has 0 spiro atoms. The molecule has 3 nitrogen and oxygen atoms in total. The molecule has 19 heavy (non-hydrogen) atoms. The molecule has 3 aliphatic rings. The molecule has 1 heterocycles. The van der Waals surface area contributed by atoms with E-state index in [0.717, 1.165) is 44.6 Å². The Labute approximate surface area is 116 Å². The van der Waals surface area contributed by atoms with Crippen LogP contribution in [-0.2, 0) is 4.79 Å². The number of rotatable bonds is 2. The van der Waals surface area contributed by atoms with Gasteiger partial charge in [-0.05, 0) is 56.8 Å². The number of nitrogens with zero attached hydrogens (tertiary/aromatic N) is 1. The van der Waals surface area contributed by atoms with Gasteiger partial charge in [0.15, 0.2) is 0 Å². The fourth-order valence-corrected chi connectivity index (χ4v) is 4.47. The quantitative estimate of drug-likeness (QED) is 0.833. The van der Waals surface area contributed by atoms with Crippen molar-refractivity contribution >= 4 is 5.91 Å². The van der Waals surface area contributed by atoms with E-state index in [9.17, 15) is 4.79 Å². The third-order valence-corrected chi connectivity index (χ3v) is 5.69. The largest absolute Gasteiger partial charge is 0.339 e. The summed E-state index contributed by atoms with van der Waals surface area (Å²) in [4.78, 5) is 14.8. The molecule has 108 valence electrons. The number of hydrogen-bond acceptors (Lipinski definition) is 2. The number of nitrogens with two attached hydrogens (primary N) is 1. The van der Waals surface area contributed by atoms with Crippen LogP contribution < -0.4 is 5.73 Å². The molecule has 0 aromatic heterocycles. The highest BCUT2D eigenvalue weighted by Gasteiger charge is 2.38. The van der Waals surface area contributed by atoms with Crippen LogP contribution in [0.1, 0.15) is 64.2 Å². The summed E-state index contributed by atoms with van der Waals surface area (Å²) in [5.74, 6) is 1.86. The third kappa shape index (κ3) is 2.96. The summed E-state index contributed by atoms with van der Waals surface area (Å²) in [6.45, 7) is 1.03. The lowest BCUT2D eigenvalue weighted by atomic mass is 9.83. The van der Waals surface area contributed by atoms with Gasteiger partial charge in [0.05, 0.1) is 0 Å². The Morgan fingerprint density at radius 1 is 1.00 bits per heavy atom. The van der Waals surface area contributed by atoms with E-state index in [1.807, 2.05) is 0 Å². The van der Waals surface area contributed by atoms with Crippen LogP contribution in [0.25, 0.3) is 0 Å². The molecule has 3 fully saturated rings. The fraction of sp³-hybridized carbons (Fsp3) is 0.938. The summed E-state index contributed by atoms with van der Waals surface area (Å²) in [6.07, 6.45) is 11.9. The summed E-state index contributed by atoms with van der Waals surface area (Å²) in [7, 11) is 0. The molecule has 2 saturated carbocycles. The summed E-state index contributed by atoms with van der Waals surface area (Å²) in [6, 6.07) is 0.980. The van der Waals surface area contributed by atoms with Gasteiger partial charge in [-0.15, -0.1) is 0 Å². The van der Waals surface area contributed by atoms with E-state index in [2.05, 4.69) is 4.90 Å². The van der Waals surface area contributed by atoms with Gasteiger partial charge in [0, 0.05) is 25.0 Å². The maximum absolute atomic E-state index is 12.5. The van der Waals surface area contributed by atoms with Gasteiger partial charge in [0.1, 0.15) is 0 Å². The lowest BCUT2D eigenvalue weighted by Gasteiger charge is -2.33. The van der Waals surface area contributed by atoms with Gasteiger partial charge in [0.25, 0.3) is 0 Å². The predicted molar refractivity (Wildman–Crippen MR) is 76.6 cm³/mol. The summed E-state index contributed by atoms with van der Waals surface area (Å²) in [5, 5.41) is 0. The lowest BCUT2D eigenvalue weighted by molar-refractivity contribution is -0.134. The van der Waals surface area contributed by atoms with Crippen molar-refractivity contribution in [3.05, 3.63) is 0 Å². The van der Waals surface area contributed by atoms with Gasteiger partial charge < -0.3 is 10.6 Å². The average Bonchev–Trinajstić information content (AvgIpc) is 2.85. The van der Waals surface area contributed by atoms with E-state index < -0.39 is 0 Å². The van der Waals surface area contributed by atoms with Crippen molar-refractivity contribution in [3.63, 3.8) is 0 Å². The Balaban J connectivity index is 1.52. The van der Waals surface area contributed by atoms with Crippen LogP contribution in [0.15, 0.2) is 0 Å². The van der Waals surface area contributed by atoms with E-state index in [0.29, 0.717) is 23.9 Å². The van der Waals surface area contributed by atoms with Crippen molar-refractivity contribution in [1.82, 2.24) is 4.90 Å². The first-order valence-electron chi connectivity index (χ1n) is 8.29. The van der Waals surface area contributed by atoms with Crippen LogP contribution in [-0.4, -0.2) is 29.4 Å². The van der Waals surface area contributed by atoms with Crippen molar-refractivity contribution in [1.29, 1.82) is 0 Å². The van der Waals surface area contributed by atoms with Gasteiger partial charge in [0.2, 0.25) is 5.91 Å². The van der Waals surface area contributed by atoms with Crippen LogP contribution in [0.2, 0.25) is 0 Å². The molecule has 0 radical (unpaired) electrons. The third-order valence-electron chi connectivity index (χ3n) is 5.69. The first-order chi connectivity index (χ1) is 9.24. The molecule has 0 aromatic rings. The minimum Gasteiger partial charge on any atom is -0.339 e. The topological polar surface area (TPSA) is 46.3 Å². The van der Waals surface area contributed by atoms with E-state index >= 15 is 0 Å². The summed E-state index contributed by atoms with van der Waals surface area (Å²) >= 11 is 0. The van der Waals surface area contributed by atoms with Gasteiger partial charge >= 0.3 is 0 Å². The second-order valence-electron chi connectivity index (χ2n) is 6.97. The number of hydrogen-bond donors (Lipinski definition) is 1. The van der Waals surface area contributed by atoms with Gasteiger partial charge in [-0.3, -0.25) is 4.79 Å². The highest BCUT2D eigenvalue weighted by Crippen LogP contribution is 2.37. The number of amides is 1. The number of carbonyl (C=O) groups is 1. The van der Waals surface area contributed by atoms with Crippen molar-refractivity contribution < 1.29 is 4.79 Å². The molecule has 2 unspecified atom stereocenters. The molecule has 3 heteroatoms. The van der Waals surface area contributed by atoms with Crippen molar-refractivity contribution in [2.24, 2.45) is 17.6 Å². The van der Waals surface area contributed by atoms with Crippen LogP contribution in [0.4, 0.5) is 0 Å². The van der Waals surface area contributed by atoms with E-state index in [1.54, 1.807) is 0 Å². The van der Waals surface area contributed by atoms with Crippen LogP contribution in [0.3, 0.4) is 0 Å². The first-order valence-corrected chi connectivity index (χ1v) is 8.29. The number of fused-ring (bicyclic) bond motifs is 1. The Kier molecular flexibility index (Phi) is 4.11. The SMILES string of the molecule is NC1CCC(CC(=O)N2CCC3CCCCC32)CC1. The number of likely N-dealkylation sites (tertiary alicyclic amines) is 1.